The van der Waals surface area contributed by atoms with Crippen molar-refractivity contribution in [2.24, 2.45) is 5.92 Å². The van der Waals surface area contributed by atoms with E-state index >= 15 is 0 Å². The summed E-state index contributed by atoms with van der Waals surface area (Å²) in [5.74, 6) is 0.758. The van der Waals surface area contributed by atoms with Gasteiger partial charge in [0.25, 0.3) is 5.91 Å². The summed E-state index contributed by atoms with van der Waals surface area (Å²) in [7, 11) is 2.18. The lowest BCUT2D eigenvalue weighted by molar-refractivity contribution is 0.0869. The second-order valence-electron chi connectivity index (χ2n) is 5.99. The SMILES string of the molecule is Cc1ccoc1C(=O)NC[C@H]1CCCN(C)[C@@H]1c1cccs1. The molecule has 5 heteroatoms. The standard InChI is InChI=1S/C17H22N2O2S/c1-12-7-9-21-16(12)17(20)18-11-13-5-3-8-19(2)15(13)14-6-4-10-22-14/h4,6-7,9-10,13,15H,3,5,8,11H2,1-2H3,(H,18,20)/t13-,15+/m1/s1. The monoisotopic (exact) mass is 318 g/mol. The number of carbonyl (C=O) groups is 1. The summed E-state index contributed by atoms with van der Waals surface area (Å²) in [6.07, 6.45) is 3.89. The molecule has 1 aliphatic rings. The average molecular weight is 318 g/mol. The lowest BCUT2D eigenvalue weighted by Gasteiger charge is -2.38. The quantitative estimate of drug-likeness (QED) is 0.939. The van der Waals surface area contributed by atoms with Crippen LogP contribution in [-0.2, 0) is 0 Å². The Morgan fingerprint density at radius 3 is 3.05 bits per heavy atom. The van der Waals surface area contributed by atoms with Crippen LogP contribution in [0.25, 0.3) is 0 Å². The van der Waals surface area contributed by atoms with Crippen LogP contribution in [0.2, 0.25) is 0 Å². The maximum absolute atomic E-state index is 12.2. The lowest BCUT2D eigenvalue weighted by Crippen LogP contribution is -2.41. The number of amides is 1. The van der Waals surface area contributed by atoms with E-state index in [-0.39, 0.29) is 5.91 Å². The van der Waals surface area contributed by atoms with Gasteiger partial charge in [-0.15, -0.1) is 11.3 Å². The van der Waals surface area contributed by atoms with E-state index in [4.69, 9.17) is 4.42 Å². The van der Waals surface area contributed by atoms with Gasteiger partial charge in [0.1, 0.15) is 0 Å². The van der Waals surface area contributed by atoms with Crippen molar-refractivity contribution in [2.45, 2.75) is 25.8 Å². The van der Waals surface area contributed by atoms with Gasteiger partial charge < -0.3 is 9.73 Å². The number of nitrogens with one attached hydrogen (secondary N) is 1. The van der Waals surface area contributed by atoms with Gasteiger partial charge in [0.2, 0.25) is 0 Å². The molecule has 3 heterocycles. The average Bonchev–Trinajstić information content (AvgIpc) is 3.16. The van der Waals surface area contributed by atoms with Gasteiger partial charge in [-0.25, -0.2) is 0 Å². The van der Waals surface area contributed by atoms with Crippen molar-refractivity contribution < 1.29 is 9.21 Å². The predicted molar refractivity (Wildman–Crippen MR) is 88.2 cm³/mol. The van der Waals surface area contributed by atoms with Crippen molar-refractivity contribution in [1.29, 1.82) is 0 Å². The lowest BCUT2D eigenvalue weighted by atomic mass is 9.88. The van der Waals surface area contributed by atoms with Gasteiger partial charge in [-0.2, -0.15) is 0 Å². The van der Waals surface area contributed by atoms with Crippen LogP contribution in [0.15, 0.2) is 34.3 Å². The van der Waals surface area contributed by atoms with E-state index in [1.165, 1.54) is 11.3 Å². The van der Waals surface area contributed by atoms with Crippen LogP contribution in [0.5, 0.6) is 0 Å². The highest BCUT2D eigenvalue weighted by molar-refractivity contribution is 7.10. The number of carbonyl (C=O) groups excluding carboxylic acids is 1. The third-order valence-corrected chi connectivity index (χ3v) is 5.38. The molecule has 1 saturated heterocycles. The second-order valence-corrected chi connectivity index (χ2v) is 6.97. The molecule has 0 unspecified atom stereocenters. The maximum atomic E-state index is 12.2. The molecule has 1 N–H and O–H groups in total. The smallest absolute Gasteiger partial charge is 0.287 e. The zero-order valence-electron chi connectivity index (χ0n) is 13.0. The molecule has 0 aromatic carbocycles. The van der Waals surface area contributed by atoms with E-state index in [0.717, 1.165) is 18.5 Å². The first kappa shape index (κ1) is 15.3. The molecule has 1 aliphatic heterocycles. The first-order chi connectivity index (χ1) is 10.7. The first-order valence-corrected chi connectivity index (χ1v) is 8.60. The predicted octanol–water partition coefficient (Wildman–Crippen LogP) is 3.46. The topological polar surface area (TPSA) is 45.5 Å². The molecule has 118 valence electrons. The Morgan fingerprint density at radius 1 is 1.50 bits per heavy atom. The Kier molecular flexibility index (Phi) is 4.64. The highest BCUT2D eigenvalue weighted by Gasteiger charge is 2.31. The number of hydrogen-bond acceptors (Lipinski definition) is 4. The Balaban J connectivity index is 1.67. The minimum Gasteiger partial charge on any atom is -0.459 e. The third-order valence-electron chi connectivity index (χ3n) is 4.43. The molecular formula is C17H22N2O2S. The van der Waals surface area contributed by atoms with Crippen molar-refractivity contribution in [3.8, 4) is 0 Å². The van der Waals surface area contributed by atoms with Gasteiger partial charge in [0.15, 0.2) is 5.76 Å². The van der Waals surface area contributed by atoms with Crippen molar-refractivity contribution in [1.82, 2.24) is 10.2 Å². The fourth-order valence-corrected chi connectivity index (χ4v) is 4.28. The number of thiophene rings is 1. The fourth-order valence-electron chi connectivity index (χ4n) is 3.29. The molecule has 4 nitrogen and oxygen atoms in total. The molecule has 2 atom stereocenters. The summed E-state index contributed by atoms with van der Waals surface area (Å²) in [6, 6.07) is 6.51. The molecule has 0 spiro atoms. The minimum absolute atomic E-state index is 0.111. The largest absolute Gasteiger partial charge is 0.459 e. The summed E-state index contributed by atoms with van der Waals surface area (Å²) in [4.78, 5) is 16.0. The van der Waals surface area contributed by atoms with Crippen LogP contribution >= 0.6 is 11.3 Å². The molecule has 0 radical (unpaired) electrons. The summed E-state index contributed by atoms with van der Waals surface area (Å²) in [6.45, 7) is 3.69. The van der Waals surface area contributed by atoms with Gasteiger partial charge in [0.05, 0.1) is 6.26 Å². The summed E-state index contributed by atoms with van der Waals surface area (Å²) < 4.78 is 5.27. The van der Waals surface area contributed by atoms with E-state index in [2.05, 4.69) is 34.8 Å². The minimum atomic E-state index is -0.111. The van der Waals surface area contributed by atoms with E-state index in [1.54, 1.807) is 17.6 Å². The molecule has 0 bridgehead atoms. The highest BCUT2D eigenvalue weighted by Crippen LogP contribution is 2.36. The number of nitrogens with zero attached hydrogens (tertiary/aromatic N) is 1. The normalized spacial score (nSPS) is 22.6. The second kappa shape index (κ2) is 6.67. The first-order valence-electron chi connectivity index (χ1n) is 7.72. The number of hydrogen-bond donors (Lipinski definition) is 1. The molecule has 0 aliphatic carbocycles. The van der Waals surface area contributed by atoms with Crippen molar-refractivity contribution in [2.75, 3.05) is 20.1 Å². The zero-order valence-corrected chi connectivity index (χ0v) is 13.9. The third kappa shape index (κ3) is 3.10. The van der Waals surface area contributed by atoms with Crippen LogP contribution in [0.1, 0.15) is 39.9 Å². The summed E-state index contributed by atoms with van der Waals surface area (Å²) in [5, 5.41) is 5.18. The van der Waals surface area contributed by atoms with Crippen LogP contribution in [-0.4, -0.2) is 30.9 Å². The molecule has 1 fully saturated rings. The Morgan fingerprint density at radius 2 is 2.36 bits per heavy atom. The molecule has 2 aromatic rings. The molecule has 22 heavy (non-hydrogen) atoms. The molecule has 2 aromatic heterocycles. The van der Waals surface area contributed by atoms with Gasteiger partial charge in [-0.3, -0.25) is 9.69 Å². The summed E-state index contributed by atoms with van der Waals surface area (Å²) >= 11 is 1.80. The molecular weight excluding hydrogens is 296 g/mol. The van der Waals surface area contributed by atoms with Gasteiger partial charge in [-0.1, -0.05) is 6.07 Å². The number of rotatable bonds is 4. The van der Waals surface area contributed by atoms with Crippen molar-refractivity contribution >= 4 is 17.2 Å². The van der Waals surface area contributed by atoms with Crippen LogP contribution in [0.4, 0.5) is 0 Å². The number of aryl methyl sites for hydroxylation is 1. The molecule has 1 amide bonds. The van der Waals surface area contributed by atoms with Crippen LogP contribution in [0, 0.1) is 12.8 Å². The molecule has 0 saturated carbocycles. The van der Waals surface area contributed by atoms with E-state index in [0.29, 0.717) is 24.3 Å². The number of piperidine rings is 1. The fraction of sp³-hybridized carbons (Fsp3) is 0.471. The maximum Gasteiger partial charge on any atom is 0.287 e. The van der Waals surface area contributed by atoms with Crippen LogP contribution in [0.3, 0.4) is 0 Å². The van der Waals surface area contributed by atoms with Crippen molar-refractivity contribution in [3.05, 3.63) is 46.0 Å². The summed E-state index contributed by atoms with van der Waals surface area (Å²) in [5.41, 5.74) is 0.882. The highest BCUT2D eigenvalue weighted by atomic mass is 32.1. The van der Waals surface area contributed by atoms with Gasteiger partial charge >= 0.3 is 0 Å². The van der Waals surface area contributed by atoms with Gasteiger partial charge in [0, 0.05) is 23.0 Å². The van der Waals surface area contributed by atoms with E-state index < -0.39 is 0 Å². The van der Waals surface area contributed by atoms with Gasteiger partial charge in [-0.05, 0) is 56.8 Å². The van der Waals surface area contributed by atoms with E-state index in [9.17, 15) is 4.79 Å². The number of likely N-dealkylation sites (tertiary alicyclic amines) is 1. The Bertz CT molecular complexity index is 620. The molecule has 3 rings (SSSR count). The van der Waals surface area contributed by atoms with Crippen molar-refractivity contribution in [3.63, 3.8) is 0 Å². The van der Waals surface area contributed by atoms with E-state index in [1.807, 2.05) is 13.0 Å². The number of furan rings is 1. The Hall–Kier alpha value is -1.59. The zero-order chi connectivity index (χ0) is 15.5. The Labute approximate surface area is 135 Å². The van der Waals surface area contributed by atoms with Crippen LogP contribution < -0.4 is 5.32 Å².